The van der Waals surface area contributed by atoms with Crippen LogP contribution >= 0.6 is 31.9 Å². The molecule has 0 bridgehead atoms. The van der Waals surface area contributed by atoms with Crippen LogP contribution in [0.25, 0.3) is 0 Å². The highest BCUT2D eigenvalue weighted by atomic mass is 79.9. The smallest absolute Gasteiger partial charge is 0.0684 e. The average molecular weight is 338 g/mol. The monoisotopic (exact) mass is 336 g/mol. The Bertz CT molecular complexity index is 318. The Morgan fingerprint density at radius 1 is 1.53 bits per heavy atom. The summed E-state index contributed by atoms with van der Waals surface area (Å²) in [6.45, 7) is 3.29. The first-order chi connectivity index (χ1) is 7.09. The first-order valence-corrected chi connectivity index (χ1v) is 6.37. The van der Waals surface area contributed by atoms with Crippen molar-refractivity contribution in [1.29, 1.82) is 0 Å². The quantitative estimate of drug-likeness (QED) is 0.811. The Kier molecular flexibility index (Phi) is 5.74. The summed E-state index contributed by atoms with van der Waals surface area (Å²) in [4.78, 5) is 4.28. The van der Waals surface area contributed by atoms with Crippen LogP contribution in [-0.2, 0) is 6.54 Å². The van der Waals surface area contributed by atoms with Gasteiger partial charge in [-0.1, -0.05) is 0 Å². The van der Waals surface area contributed by atoms with E-state index in [-0.39, 0.29) is 6.10 Å². The zero-order valence-electron chi connectivity index (χ0n) is 8.50. The summed E-state index contributed by atoms with van der Waals surface area (Å²) < 4.78 is 1.95. The van der Waals surface area contributed by atoms with E-state index in [9.17, 15) is 0 Å². The maximum absolute atomic E-state index is 9.07. The second-order valence-electron chi connectivity index (χ2n) is 3.40. The highest BCUT2D eigenvalue weighted by molar-refractivity contribution is 9.11. The fraction of sp³-hybridized carbons (Fsp3) is 0.500. The molecule has 0 aliphatic carbocycles. The van der Waals surface area contributed by atoms with Crippen molar-refractivity contribution >= 4 is 31.9 Å². The van der Waals surface area contributed by atoms with Crippen molar-refractivity contribution in [3.63, 3.8) is 0 Å². The molecule has 0 fully saturated rings. The maximum Gasteiger partial charge on any atom is 0.0684 e. The second-order valence-corrected chi connectivity index (χ2v) is 5.17. The highest BCUT2D eigenvalue weighted by Crippen LogP contribution is 2.19. The van der Waals surface area contributed by atoms with E-state index in [1.54, 1.807) is 13.1 Å². The number of aromatic nitrogens is 1. The Labute approximate surface area is 107 Å². The van der Waals surface area contributed by atoms with E-state index in [1.165, 1.54) is 0 Å². The van der Waals surface area contributed by atoms with E-state index >= 15 is 0 Å². The molecule has 0 spiro atoms. The number of nitrogens with zero attached hydrogens (tertiary/aromatic N) is 1. The summed E-state index contributed by atoms with van der Waals surface area (Å²) in [5.74, 6) is 0. The van der Waals surface area contributed by atoms with Crippen LogP contribution in [0.2, 0.25) is 0 Å². The molecule has 5 heteroatoms. The number of rotatable bonds is 5. The number of aliphatic hydroxyl groups is 1. The number of pyridine rings is 1. The van der Waals surface area contributed by atoms with E-state index in [4.69, 9.17) is 5.11 Å². The molecule has 1 aromatic heterocycles. The molecule has 0 aliphatic rings. The van der Waals surface area contributed by atoms with Crippen LogP contribution in [0.3, 0.4) is 0 Å². The van der Waals surface area contributed by atoms with Gasteiger partial charge in [0.25, 0.3) is 0 Å². The fourth-order valence-electron chi connectivity index (χ4n) is 1.09. The van der Waals surface area contributed by atoms with Crippen molar-refractivity contribution in [2.75, 3.05) is 6.54 Å². The number of halogens is 2. The van der Waals surface area contributed by atoms with Crippen LogP contribution in [0.4, 0.5) is 0 Å². The molecule has 0 saturated carbocycles. The molecule has 0 aliphatic heterocycles. The third-order valence-corrected chi connectivity index (χ3v) is 3.04. The first-order valence-electron chi connectivity index (χ1n) is 4.78. The molecule has 1 aromatic rings. The summed E-state index contributed by atoms with van der Waals surface area (Å²) >= 11 is 6.80. The average Bonchev–Trinajstić information content (AvgIpc) is 2.14. The Morgan fingerprint density at radius 2 is 2.27 bits per heavy atom. The van der Waals surface area contributed by atoms with Crippen molar-refractivity contribution in [3.05, 3.63) is 26.9 Å². The number of hydrogen-bond donors (Lipinski definition) is 2. The lowest BCUT2D eigenvalue weighted by atomic mass is 10.3. The van der Waals surface area contributed by atoms with Gasteiger partial charge in [-0.3, -0.25) is 4.98 Å². The van der Waals surface area contributed by atoms with Crippen molar-refractivity contribution < 1.29 is 5.11 Å². The van der Waals surface area contributed by atoms with Gasteiger partial charge in [0.05, 0.1) is 11.8 Å². The van der Waals surface area contributed by atoms with E-state index in [1.807, 2.05) is 6.07 Å². The van der Waals surface area contributed by atoms with Crippen LogP contribution in [0.5, 0.6) is 0 Å². The van der Waals surface area contributed by atoms with Crippen molar-refractivity contribution in [2.24, 2.45) is 0 Å². The predicted molar refractivity (Wildman–Crippen MR) is 67.6 cm³/mol. The lowest BCUT2D eigenvalue weighted by Crippen LogP contribution is -2.19. The Balaban J connectivity index is 2.37. The maximum atomic E-state index is 9.07. The largest absolute Gasteiger partial charge is 0.393 e. The third-order valence-electron chi connectivity index (χ3n) is 1.92. The van der Waals surface area contributed by atoms with Gasteiger partial charge in [-0.05, 0) is 57.8 Å². The molecule has 1 unspecified atom stereocenters. The summed E-state index contributed by atoms with van der Waals surface area (Å²) in [5.41, 5.74) is 0.976. The van der Waals surface area contributed by atoms with Gasteiger partial charge in [0.2, 0.25) is 0 Å². The molecule has 2 N–H and O–H groups in total. The van der Waals surface area contributed by atoms with E-state index in [0.29, 0.717) is 6.54 Å². The number of hydrogen-bond acceptors (Lipinski definition) is 3. The van der Waals surface area contributed by atoms with Crippen LogP contribution < -0.4 is 5.32 Å². The lowest BCUT2D eigenvalue weighted by Gasteiger charge is -2.07. The Hall–Kier alpha value is 0.0300. The highest BCUT2D eigenvalue weighted by Gasteiger charge is 2.02. The normalized spacial score (nSPS) is 12.8. The van der Waals surface area contributed by atoms with Crippen molar-refractivity contribution in [3.8, 4) is 0 Å². The van der Waals surface area contributed by atoms with Crippen molar-refractivity contribution in [2.45, 2.75) is 26.0 Å². The second kappa shape index (κ2) is 6.58. The standard InChI is InChI=1S/C10H14Br2N2O/c1-7(15)2-3-13-6-10-9(12)4-8(11)5-14-10/h4-5,7,13,15H,2-3,6H2,1H3. The number of nitrogens with one attached hydrogen (secondary N) is 1. The molecule has 0 radical (unpaired) electrons. The van der Waals surface area contributed by atoms with Gasteiger partial charge in [0.1, 0.15) is 0 Å². The van der Waals surface area contributed by atoms with E-state index in [2.05, 4.69) is 42.2 Å². The molecular formula is C10H14Br2N2O. The minimum atomic E-state index is -0.251. The molecule has 1 heterocycles. The Morgan fingerprint density at radius 3 is 2.87 bits per heavy atom. The van der Waals surface area contributed by atoms with Gasteiger partial charge in [-0.2, -0.15) is 0 Å². The summed E-state index contributed by atoms with van der Waals surface area (Å²) in [5, 5.41) is 12.3. The van der Waals surface area contributed by atoms with Gasteiger partial charge in [0.15, 0.2) is 0 Å². The molecule has 1 atom stereocenters. The molecule has 0 saturated heterocycles. The fourth-order valence-corrected chi connectivity index (χ4v) is 2.22. The first kappa shape index (κ1) is 13.1. The van der Waals surface area contributed by atoms with Gasteiger partial charge in [-0.15, -0.1) is 0 Å². The zero-order valence-corrected chi connectivity index (χ0v) is 11.7. The molecule has 1 rings (SSSR count). The zero-order chi connectivity index (χ0) is 11.3. The molecule has 3 nitrogen and oxygen atoms in total. The molecule has 0 amide bonds. The van der Waals surface area contributed by atoms with Crippen LogP contribution in [0.1, 0.15) is 19.0 Å². The minimum Gasteiger partial charge on any atom is -0.393 e. The van der Waals surface area contributed by atoms with Gasteiger partial charge in [-0.25, -0.2) is 0 Å². The molecule has 84 valence electrons. The van der Waals surface area contributed by atoms with Gasteiger partial charge in [0, 0.05) is 21.7 Å². The van der Waals surface area contributed by atoms with Gasteiger partial charge < -0.3 is 10.4 Å². The molecular weight excluding hydrogens is 324 g/mol. The van der Waals surface area contributed by atoms with Crippen LogP contribution in [-0.4, -0.2) is 22.7 Å². The topological polar surface area (TPSA) is 45.1 Å². The van der Waals surface area contributed by atoms with Crippen LogP contribution in [0.15, 0.2) is 21.2 Å². The lowest BCUT2D eigenvalue weighted by molar-refractivity contribution is 0.183. The summed E-state index contributed by atoms with van der Waals surface area (Å²) in [7, 11) is 0. The summed E-state index contributed by atoms with van der Waals surface area (Å²) in [6.07, 6.45) is 2.28. The number of aliphatic hydroxyl groups excluding tert-OH is 1. The predicted octanol–water partition coefficient (Wildman–Crippen LogP) is 2.47. The van der Waals surface area contributed by atoms with Crippen LogP contribution in [0, 0.1) is 0 Å². The summed E-state index contributed by atoms with van der Waals surface area (Å²) in [6, 6.07) is 1.97. The van der Waals surface area contributed by atoms with Gasteiger partial charge >= 0.3 is 0 Å². The molecule has 0 aromatic carbocycles. The van der Waals surface area contributed by atoms with Crippen molar-refractivity contribution in [1.82, 2.24) is 10.3 Å². The SMILES string of the molecule is CC(O)CCNCc1ncc(Br)cc1Br. The third kappa shape index (κ3) is 5.06. The minimum absolute atomic E-state index is 0.251. The van der Waals surface area contributed by atoms with E-state index in [0.717, 1.165) is 27.6 Å². The van der Waals surface area contributed by atoms with E-state index < -0.39 is 0 Å². The molecule has 15 heavy (non-hydrogen) atoms.